The van der Waals surface area contributed by atoms with Gasteiger partial charge in [0.1, 0.15) is 11.6 Å². The van der Waals surface area contributed by atoms with Gasteiger partial charge in [-0.2, -0.15) is 9.61 Å². The molecule has 0 bridgehead atoms. The maximum absolute atomic E-state index is 13.5. The molecule has 3 N–H and O–H groups in total. The number of carbonyl (C=O) groups is 1. The number of nitrogens with zero attached hydrogens (tertiary/aromatic N) is 4. The predicted molar refractivity (Wildman–Crippen MR) is 164 cm³/mol. The Bertz CT molecular complexity index is 1600. The van der Waals surface area contributed by atoms with Crippen LogP contribution in [0.25, 0.3) is 16.9 Å². The third-order valence-corrected chi connectivity index (χ3v) is 8.08. The monoisotopic (exact) mass is 610 g/mol. The molecule has 0 saturated carbocycles. The van der Waals surface area contributed by atoms with Gasteiger partial charge in [0.15, 0.2) is 5.65 Å². The predicted octanol–water partition coefficient (Wildman–Crippen LogP) is 6.49. The molecule has 1 atom stereocenters. The van der Waals surface area contributed by atoms with E-state index < -0.39 is 0 Å². The van der Waals surface area contributed by atoms with Gasteiger partial charge in [0, 0.05) is 31.3 Å². The molecule has 8 nitrogen and oxygen atoms in total. The molecule has 1 aliphatic rings. The van der Waals surface area contributed by atoms with E-state index in [0.717, 1.165) is 40.8 Å². The number of piperidine rings is 1. The quantitative estimate of drug-likeness (QED) is 0.196. The van der Waals surface area contributed by atoms with Gasteiger partial charge in [-0.05, 0) is 57.9 Å². The van der Waals surface area contributed by atoms with Crippen LogP contribution in [0.3, 0.4) is 0 Å². The molecule has 5 aromatic rings. The summed E-state index contributed by atoms with van der Waals surface area (Å²) in [5.41, 5.74) is 4.06. The van der Waals surface area contributed by atoms with Crippen LogP contribution in [0, 0.1) is 5.92 Å². The number of hydrogen-bond donors (Lipinski definition) is 3. The zero-order valence-electron chi connectivity index (χ0n) is 22.5. The van der Waals surface area contributed by atoms with Gasteiger partial charge in [-0.1, -0.05) is 72.8 Å². The maximum atomic E-state index is 13.5. The molecule has 208 valence electrons. The number of aromatic nitrogens is 3. The highest BCUT2D eigenvalue weighted by atomic mass is 79.9. The van der Waals surface area contributed by atoms with E-state index in [-0.39, 0.29) is 23.7 Å². The molecule has 1 fully saturated rings. The number of halogens is 1. The summed E-state index contributed by atoms with van der Waals surface area (Å²) in [6, 6.07) is 28.9. The Balaban J connectivity index is 1.17. The first-order valence-corrected chi connectivity index (χ1v) is 14.6. The Morgan fingerprint density at radius 2 is 1.68 bits per heavy atom. The summed E-state index contributed by atoms with van der Waals surface area (Å²) in [5.74, 6) is 1.20. The lowest BCUT2D eigenvalue weighted by molar-refractivity contribution is 0.166. The topological polar surface area (TPSA) is 94.8 Å². The molecule has 3 heterocycles. The molecule has 0 aliphatic carbocycles. The van der Waals surface area contributed by atoms with Crippen LogP contribution in [-0.4, -0.2) is 50.3 Å². The first kappa shape index (κ1) is 26.8. The molecule has 1 saturated heterocycles. The van der Waals surface area contributed by atoms with Crippen molar-refractivity contribution in [1.29, 1.82) is 0 Å². The smallest absolute Gasteiger partial charge is 0.318 e. The van der Waals surface area contributed by atoms with Crippen LogP contribution in [0.15, 0.2) is 102 Å². The molecule has 2 aromatic heterocycles. The zero-order valence-corrected chi connectivity index (χ0v) is 24.0. The Labute approximate surface area is 247 Å². The van der Waals surface area contributed by atoms with Gasteiger partial charge >= 0.3 is 6.03 Å². The Hall–Kier alpha value is -4.37. The van der Waals surface area contributed by atoms with Gasteiger partial charge in [0.05, 0.1) is 22.4 Å². The second-order valence-corrected chi connectivity index (χ2v) is 11.2. The average Bonchev–Trinajstić information content (AvgIpc) is 3.40. The van der Waals surface area contributed by atoms with Crippen LogP contribution in [-0.2, 0) is 0 Å². The number of para-hydroxylation sites is 1. The second kappa shape index (κ2) is 12.0. The molecular formula is C32H31BrN6O2. The van der Waals surface area contributed by atoms with E-state index in [0.29, 0.717) is 30.0 Å². The number of anilines is 1. The fraction of sp³-hybridized carbons (Fsp3) is 0.219. The van der Waals surface area contributed by atoms with Crippen LogP contribution in [0.5, 0.6) is 5.75 Å². The lowest BCUT2D eigenvalue weighted by atomic mass is 9.97. The van der Waals surface area contributed by atoms with Crippen molar-refractivity contribution in [1.82, 2.24) is 24.8 Å². The van der Waals surface area contributed by atoms with E-state index in [1.54, 1.807) is 22.8 Å². The molecule has 0 spiro atoms. The Morgan fingerprint density at radius 3 is 2.39 bits per heavy atom. The minimum atomic E-state index is -0.223. The van der Waals surface area contributed by atoms with Crippen molar-refractivity contribution in [3.8, 4) is 17.0 Å². The van der Waals surface area contributed by atoms with E-state index >= 15 is 0 Å². The standard InChI is InChI=1S/C32H31BrN6O2/c33-26-20-35-39-29(18-27(36-31(26)39)25-15-7-8-16-28(25)40)34-19-22-10-9-17-38(21-22)32(41)37-30(23-11-3-1-4-12-23)24-13-5-2-6-14-24/h1-8,11-16,18,20,22,30,34,40H,9-10,17,19,21H2,(H,37,41). The van der Waals surface area contributed by atoms with E-state index in [1.807, 2.05) is 83.8 Å². The number of phenols is 1. The fourth-order valence-corrected chi connectivity index (χ4v) is 5.77. The molecule has 6 rings (SSSR count). The fourth-order valence-electron chi connectivity index (χ4n) is 5.42. The molecule has 0 radical (unpaired) electrons. The first-order chi connectivity index (χ1) is 20.1. The van der Waals surface area contributed by atoms with Crippen molar-refractivity contribution in [3.63, 3.8) is 0 Å². The number of benzene rings is 3. The third-order valence-electron chi connectivity index (χ3n) is 7.52. The summed E-state index contributed by atoms with van der Waals surface area (Å²) in [7, 11) is 0. The summed E-state index contributed by atoms with van der Waals surface area (Å²) < 4.78 is 2.52. The van der Waals surface area contributed by atoms with E-state index in [4.69, 9.17) is 4.98 Å². The van der Waals surface area contributed by atoms with Crippen molar-refractivity contribution in [2.45, 2.75) is 18.9 Å². The lowest BCUT2D eigenvalue weighted by Crippen LogP contribution is -2.47. The number of nitrogens with one attached hydrogen (secondary N) is 2. The third kappa shape index (κ3) is 5.90. The molecule has 1 unspecified atom stereocenters. The number of urea groups is 1. The highest BCUT2D eigenvalue weighted by Gasteiger charge is 2.26. The Kier molecular flexibility index (Phi) is 7.86. The van der Waals surface area contributed by atoms with Crippen LogP contribution in [0.1, 0.15) is 30.0 Å². The van der Waals surface area contributed by atoms with Gasteiger partial charge in [-0.3, -0.25) is 0 Å². The summed E-state index contributed by atoms with van der Waals surface area (Å²) in [4.78, 5) is 20.2. The minimum absolute atomic E-state index is 0.0587. The van der Waals surface area contributed by atoms with Gasteiger partial charge in [0.25, 0.3) is 0 Å². The number of phenolic OH excluding ortho intramolecular Hbond substituents is 1. The first-order valence-electron chi connectivity index (χ1n) is 13.8. The highest BCUT2D eigenvalue weighted by molar-refractivity contribution is 9.10. The normalized spacial score (nSPS) is 15.3. The lowest BCUT2D eigenvalue weighted by Gasteiger charge is -2.34. The average molecular weight is 612 g/mol. The Morgan fingerprint density at radius 1 is 1.00 bits per heavy atom. The van der Waals surface area contributed by atoms with E-state index in [9.17, 15) is 9.90 Å². The van der Waals surface area contributed by atoms with Gasteiger partial charge in [-0.15, -0.1) is 0 Å². The van der Waals surface area contributed by atoms with Gasteiger partial charge in [-0.25, -0.2) is 9.78 Å². The molecular weight excluding hydrogens is 580 g/mol. The largest absolute Gasteiger partial charge is 0.507 e. The summed E-state index contributed by atoms with van der Waals surface area (Å²) in [5, 5.41) is 21.8. The maximum Gasteiger partial charge on any atom is 0.318 e. The number of aromatic hydroxyl groups is 1. The number of hydrogen-bond acceptors (Lipinski definition) is 5. The zero-order chi connectivity index (χ0) is 28.2. The van der Waals surface area contributed by atoms with Crippen molar-refractivity contribution < 1.29 is 9.90 Å². The number of fused-ring (bicyclic) bond motifs is 1. The highest BCUT2D eigenvalue weighted by Crippen LogP contribution is 2.31. The van der Waals surface area contributed by atoms with E-state index in [2.05, 4.69) is 31.7 Å². The molecule has 9 heteroatoms. The number of amides is 2. The van der Waals surface area contributed by atoms with Crippen molar-refractivity contribution in [2.24, 2.45) is 5.92 Å². The van der Waals surface area contributed by atoms with Gasteiger partial charge in [0.2, 0.25) is 0 Å². The van der Waals surface area contributed by atoms with Crippen molar-refractivity contribution in [2.75, 3.05) is 25.0 Å². The molecule has 41 heavy (non-hydrogen) atoms. The van der Waals surface area contributed by atoms with Crippen molar-refractivity contribution >= 4 is 33.4 Å². The minimum Gasteiger partial charge on any atom is -0.507 e. The SMILES string of the molecule is O=C(NC(c1ccccc1)c1ccccc1)N1CCCC(CNc2cc(-c3ccccc3O)nc3c(Br)cnn23)C1. The summed E-state index contributed by atoms with van der Waals surface area (Å²) in [6.45, 7) is 2.04. The summed E-state index contributed by atoms with van der Waals surface area (Å²) >= 11 is 3.54. The molecule has 1 aliphatic heterocycles. The van der Waals surface area contributed by atoms with Crippen LogP contribution < -0.4 is 10.6 Å². The number of likely N-dealkylation sites (tertiary alicyclic amines) is 1. The van der Waals surface area contributed by atoms with Crippen LogP contribution in [0.4, 0.5) is 10.6 Å². The molecule has 2 amide bonds. The van der Waals surface area contributed by atoms with Crippen LogP contribution >= 0.6 is 15.9 Å². The number of carbonyl (C=O) groups excluding carboxylic acids is 1. The number of rotatable bonds is 7. The van der Waals surface area contributed by atoms with E-state index in [1.165, 1.54) is 0 Å². The summed E-state index contributed by atoms with van der Waals surface area (Å²) in [6.07, 6.45) is 3.66. The van der Waals surface area contributed by atoms with Crippen molar-refractivity contribution in [3.05, 3.63) is 113 Å². The van der Waals surface area contributed by atoms with Crippen LogP contribution in [0.2, 0.25) is 0 Å². The van der Waals surface area contributed by atoms with Gasteiger partial charge < -0.3 is 20.6 Å². The second-order valence-electron chi connectivity index (χ2n) is 10.3. The molecule has 3 aromatic carbocycles.